The van der Waals surface area contributed by atoms with Crippen molar-refractivity contribution >= 4 is 62.3 Å². The van der Waals surface area contributed by atoms with Crippen LogP contribution in [0, 0.1) is 0 Å². The Bertz CT molecular complexity index is 1180. The molecule has 0 bridgehead atoms. The molecular weight excluding hydrogens is 545 g/mol. The summed E-state index contributed by atoms with van der Waals surface area (Å²) in [7, 11) is -3.69. The molecule has 198 valence electrons. The average molecular weight is 577 g/mol. The minimum atomic E-state index is -3.69. The number of nitrogens with one attached hydrogen (secondary N) is 1. The number of hydrogen-bond donors (Lipinski definition) is 1. The molecule has 0 spiro atoms. The standard InChI is InChI=1S/C25H32Cl3N3O4S/c1-5-17(2)29-25(33)18(3)30(16-19-9-6-7-10-21(19)27)24(32)11-8-14-31(36(4,34)35)23-15-20(26)12-13-22(23)28/h6-7,9-10,12-13,15,17-18H,5,8,11,14,16H2,1-4H3,(H,29,33)/t17-,18-/m0/s1. The molecule has 0 heterocycles. The maximum absolute atomic E-state index is 13.3. The van der Waals surface area contributed by atoms with Gasteiger partial charge in [0.15, 0.2) is 0 Å². The van der Waals surface area contributed by atoms with Crippen LogP contribution in [0.4, 0.5) is 5.69 Å². The highest BCUT2D eigenvalue weighted by atomic mass is 35.5. The number of halogens is 3. The normalized spacial score (nSPS) is 13.1. The Morgan fingerprint density at radius 1 is 1.03 bits per heavy atom. The third-order valence-electron chi connectivity index (χ3n) is 5.80. The van der Waals surface area contributed by atoms with Gasteiger partial charge < -0.3 is 10.2 Å². The summed E-state index contributed by atoms with van der Waals surface area (Å²) in [5.41, 5.74) is 0.951. The van der Waals surface area contributed by atoms with Crippen molar-refractivity contribution in [2.24, 2.45) is 0 Å². The van der Waals surface area contributed by atoms with Crippen LogP contribution >= 0.6 is 34.8 Å². The molecule has 11 heteroatoms. The second kappa shape index (κ2) is 13.5. The molecule has 0 saturated carbocycles. The Labute approximate surface area is 228 Å². The van der Waals surface area contributed by atoms with E-state index < -0.39 is 16.1 Å². The van der Waals surface area contributed by atoms with Crippen LogP contribution < -0.4 is 9.62 Å². The van der Waals surface area contributed by atoms with Crippen LogP contribution in [-0.4, -0.2) is 50.0 Å². The smallest absolute Gasteiger partial charge is 0.242 e. The fourth-order valence-electron chi connectivity index (χ4n) is 3.52. The summed E-state index contributed by atoms with van der Waals surface area (Å²) in [5.74, 6) is -0.569. The van der Waals surface area contributed by atoms with Crippen molar-refractivity contribution in [2.75, 3.05) is 17.1 Å². The molecule has 0 aliphatic rings. The van der Waals surface area contributed by atoms with Crippen molar-refractivity contribution < 1.29 is 18.0 Å². The molecular formula is C25H32Cl3N3O4S. The number of rotatable bonds is 12. The van der Waals surface area contributed by atoms with E-state index in [1.165, 1.54) is 17.0 Å². The van der Waals surface area contributed by atoms with Gasteiger partial charge in [-0.15, -0.1) is 0 Å². The largest absolute Gasteiger partial charge is 0.352 e. The lowest BCUT2D eigenvalue weighted by atomic mass is 10.1. The molecule has 2 rings (SSSR count). The van der Waals surface area contributed by atoms with Crippen LogP contribution in [0.15, 0.2) is 42.5 Å². The first-order valence-electron chi connectivity index (χ1n) is 11.6. The molecule has 0 aliphatic heterocycles. The number of sulfonamides is 1. The molecule has 2 aromatic carbocycles. The molecule has 0 saturated heterocycles. The molecule has 1 N–H and O–H groups in total. The topological polar surface area (TPSA) is 86.8 Å². The Morgan fingerprint density at radius 3 is 2.31 bits per heavy atom. The number of hydrogen-bond acceptors (Lipinski definition) is 4. The highest BCUT2D eigenvalue weighted by Crippen LogP contribution is 2.31. The minimum Gasteiger partial charge on any atom is -0.352 e. The van der Waals surface area contributed by atoms with E-state index in [0.717, 1.165) is 17.0 Å². The molecule has 2 atom stereocenters. The minimum absolute atomic E-state index is 0.00953. The maximum Gasteiger partial charge on any atom is 0.242 e. The zero-order valence-corrected chi connectivity index (χ0v) is 23.9. The quantitative estimate of drug-likeness (QED) is 0.360. The molecule has 7 nitrogen and oxygen atoms in total. The summed E-state index contributed by atoms with van der Waals surface area (Å²) in [6, 6.07) is 10.9. The van der Waals surface area contributed by atoms with Gasteiger partial charge >= 0.3 is 0 Å². The van der Waals surface area contributed by atoms with Gasteiger partial charge in [0.2, 0.25) is 21.8 Å². The number of benzene rings is 2. The van der Waals surface area contributed by atoms with Crippen molar-refractivity contribution in [1.29, 1.82) is 0 Å². The molecule has 2 amide bonds. The van der Waals surface area contributed by atoms with E-state index in [1.807, 2.05) is 19.9 Å². The summed E-state index contributed by atoms with van der Waals surface area (Å²) < 4.78 is 26.1. The third-order valence-corrected chi connectivity index (χ3v) is 7.90. The first-order valence-corrected chi connectivity index (χ1v) is 14.6. The third kappa shape index (κ3) is 8.54. The Balaban J connectivity index is 2.22. The number of anilines is 1. The predicted molar refractivity (Wildman–Crippen MR) is 147 cm³/mol. The maximum atomic E-state index is 13.3. The van der Waals surface area contributed by atoms with Crippen LogP contribution in [0.2, 0.25) is 15.1 Å². The van der Waals surface area contributed by atoms with Crippen LogP contribution in [0.1, 0.15) is 45.6 Å². The van der Waals surface area contributed by atoms with Gasteiger partial charge in [-0.05, 0) is 56.5 Å². The number of amides is 2. The van der Waals surface area contributed by atoms with Crippen LogP contribution in [0.5, 0.6) is 0 Å². The first kappa shape index (κ1) is 30.2. The average Bonchev–Trinajstić information content (AvgIpc) is 2.81. The highest BCUT2D eigenvalue weighted by Gasteiger charge is 2.28. The Morgan fingerprint density at radius 2 is 1.69 bits per heavy atom. The van der Waals surface area contributed by atoms with Gasteiger partial charge in [0.05, 0.1) is 17.0 Å². The lowest BCUT2D eigenvalue weighted by molar-refractivity contribution is -0.140. The van der Waals surface area contributed by atoms with E-state index in [-0.39, 0.29) is 54.5 Å². The van der Waals surface area contributed by atoms with Gasteiger partial charge in [-0.25, -0.2) is 8.42 Å². The van der Waals surface area contributed by atoms with E-state index in [9.17, 15) is 18.0 Å². The van der Waals surface area contributed by atoms with E-state index in [2.05, 4.69) is 5.32 Å². The monoisotopic (exact) mass is 575 g/mol. The zero-order valence-electron chi connectivity index (χ0n) is 20.8. The Hall–Kier alpha value is -2.00. The summed E-state index contributed by atoms with van der Waals surface area (Å²) in [6.07, 6.45) is 2.03. The zero-order chi connectivity index (χ0) is 27.0. The van der Waals surface area contributed by atoms with Gasteiger partial charge in [0, 0.05) is 35.6 Å². The summed E-state index contributed by atoms with van der Waals surface area (Å²) in [6.45, 7) is 5.68. The van der Waals surface area contributed by atoms with Crippen molar-refractivity contribution in [2.45, 2.75) is 58.7 Å². The summed E-state index contributed by atoms with van der Waals surface area (Å²) >= 11 is 18.6. The molecule has 0 unspecified atom stereocenters. The second-order valence-electron chi connectivity index (χ2n) is 8.64. The summed E-state index contributed by atoms with van der Waals surface area (Å²) in [5, 5.41) is 3.97. The van der Waals surface area contributed by atoms with E-state index in [1.54, 1.807) is 31.2 Å². The lowest BCUT2D eigenvalue weighted by Gasteiger charge is -2.30. The highest BCUT2D eigenvalue weighted by molar-refractivity contribution is 7.92. The fourth-order valence-corrected chi connectivity index (χ4v) is 5.12. The lowest BCUT2D eigenvalue weighted by Crippen LogP contribution is -2.49. The SMILES string of the molecule is CC[C@H](C)NC(=O)[C@H](C)N(Cc1ccccc1Cl)C(=O)CCCN(c1cc(Cl)ccc1Cl)S(C)(=O)=O. The fraction of sp³-hybridized carbons (Fsp3) is 0.440. The van der Waals surface area contributed by atoms with E-state index in [0.29, 0.717) is 15.6 Å². The number of carbonyl (C=O) groups is 2. The Kier molecular flexibility index (Phi) is 11.3. The van der Waals surface area contributed by atoms with Crippen LogP contribution in [-0.2, 0) is 26.2 Å². The molecule has 0 fully saturated rings. The van der Waals surface area contributed by atoms with Crippen LogP contribution in [0.3, 0.4) is 0 Å². The van der Waals surface area contributed by atoms with Crippen molar-refractivity contribution in [3.8, 4) is 0 Å². The van der Waals surface area contributed by atoms with Gasteiger partial charge in [-0.1, -0.05) is 59.9 Å². The molecule has 0 radical (unpaired) electrons. The first-order chi connectivity index (χ1) is 16.8. The van der Waals surface area contributed by atoms with Gasteiger partial charge in [0.25, 0.3) is 0 Å². The van der Waals surface area contributed by atoms with E-state index >= 15 is 0 Å². The molecule has 2 aromatic rings. The van der Waals surface area contributed by atoms with Gasteiger partial charge in [-0.3, -0.25) is 13.9 Å². The van der Waals surface area contributed by atoms with Crippen molar-refractivity contribution in [3.63, 3.8) is 0 Å². The predicted octanol–water partition coefficient (Wildman–Crippen LogP) is 5.53. The van der Waals surface area contributed by atoms with E-state index in [4.69, 9.17) is 34.8 Å². The summed E-state index contributed by atoms with van der Waals surface area (Å²) in [4.78, 5) is 27.7. The number of nitrogens with zero attached hydrogens (tertiary/aromatic N) is 2. The van der Waals surface area contributed by atoms with Crippen LogP contribution in [0.25, 0.3) is 0 Å². The molecule has 36 heavy (non-hydrogen) atoms. The van der Waals surface area contributed by atoms with Gasteiger partial charge in [-0.2, -0.15) is 0 Å². The second-order valence-corrected chi connectivity index (χ2v) is 11.8. The number of carbonyl (C=O) groups excluding carboxylic acids is 2. The molecule has 0 aromatic heterocycles. The van der Waals surface area contributed by atoms with Crippen molar-refractivity contribution in [1.82, 2.24) is 10.2 Å². The molecule has 0 aliphatic carbocycles. The van der Waals surface area contributed by atoms with Gasteiger partial charge in [0.1, 0.15) is 6.04 Å². The van der Waals surface area contributed by atoms with Crippen molar-refractivity contribution in [3.05, 3.63) is 63.1 Å².